The number of hydrogen-bond acceptors (Lipinski definition) is 2. The Morgan fingerprint density at radius 1 is 1.33 bits per heavy atom. The van der Waals surface area contributed by atoms with Crippen LogP contribution in [0.2, 0.25) is 0 Å². The molecule has 0 saturated carbocycles. The molecule has 0 radical (unpaired) electrons. The van der Waals surface area contributed by atoms with E-state index < -0.39 is 0 Å². The summed E-state index contributed by atoms with van der Waals surface area (Å²) in [6.45, 7) is 8.40. The van der Waals surface area contributed by atoms with Crippen molar-refractivity contribution in [2.45, 2.75) is 45.6 Å². The van der Waals surface area contributed by atoms with Crippen molar-refractivity contribution >= 4 is 5.91 Å². The molecule has 2 saturated heterocycles. The molecule has 0 aromatic carbocycles. The molecule has 0 atom stereocenters. The van der Waals surface area contributed by atoms with Gasteiger partial charge < -0.3 is 14.8 Å². The first-order valence-electron chi connectivity index (χ1n) is 8.24. The number of nitrogens with zero attached hydrogens (tertiary/aromatic N) is 2. The fourth-order valence-corrected chi connectivity index (χ4v) is 3.74. The Morgan fingerprint density at radius 3 is 2.81 bits per heavy atom. The second kappa shape index (κ2) is 5.84. The lowest BCUT2D eigenvalue weighted by atomic mass is 9.84. The van der Waals surface area contributed by atoms with Gasteiger partial charge >= 0.3 is 0 Å². The van der Waals surface area contributed by atoms with Gasteiger partial charge in [0.15, 0.2) is 0 Å². The second-order valence-corrected chi connectivity index (χ2v) is 7.28. The lowest BCUT2D eigenvalue weighted by molar-refractivity contribution is 0.0569. The van der Waals surface area contributed by atoms with Gasteiger partial charge in [-0.2, -0.15) is 0 Å². The number of carbonyl (C=O) groups excluding carboxylic acids is 1. The van der Waals surface area contributed by atoms with Gasteiger partial charge in [-0.25, -0.2) is 0 Å². The van der Waals surface area contributed by atoms with Crippen molar-refractivity contribution in [1.82, 2.24) is 14.8 Å². The van der Waals surface area contributed by atoms with Crippen LogP contribution in [0.25, 0.3) is 0 Å². The highest BCUT2D eigenvalue weighted by Crippen LogP contribution is 2.30. The maximum Gasteiger partial charge on any atom is 0.270 e. The summed E-state index contributed by atoms with van der Waals surface area (Å²) in [4.78, 5) is 15.0. The molecular formula is C17H27N3O. The fourth-order valence-electron chi connectivity index (χ4n) is 3.74. The Hall–Kier alpha value is -1.29. The number of nitrogens with one attached hydrogen (secondary N) is 1. The number of carbonyl (C=O) groups is 1. The molecule has 1 amide bonds. The molecule has 3 heterocycles. The monoisotopic (exact) mass is 289 g/mol. The third kappa shape index (κ3) is 3.15. The molecule has 1 aromatic rings. The molecule has 1 N–H and O–H groups in total. The minimum Gasteiger partial charge on any atom is -0.340 e. The van der Waals surface area contributed by atoms with Gasteiger partial charge in [-0.05, 0) is 56.3 Å². The minimum absolute atomic E-state index is 0.214. The van der Waals surface area contributed by atoms with Crippen LogP contribution in [0.5, 0.6) is 0 Å². The molecule has 2 fully saturated rings. The number of amides is 1. The molecule has 4 nitrogen and oxygen atoms in total. The summed E-state index contributed by atoms with van der Waals surface area (Å²) in [6, 6.07) is 4.48. The molecule has 116 valence electrons. The van der Waals surface area contributed by atoms with Crippen LogP contribution in [-0.2, 0) is 0 Å². The van der Waals surface area contributed by atoms with Crippen LogP contribution in [0, 0.1) is 5.41 Å². The van der Waals surface area contributed by atoms with Crippen molar-refractivity contribution in [3.05, 3.63) is 24.0 Å². The quantitative estimate of drug-likeness (QED) is 0.909. The van der Waals surface area contributed by atoms with Gasteiger partial charge in [0.25, 0.3) is 5.91 Å². The number of likely N-dealkylation sites (tertiary alicyclic amines) is 1. The highest BCUT2D eigenvalue weighted by atomic mass is 16.2. The highest BCUT2D eigenvalue weighted by molar-refractivity contribution is 5.93. The van der Waals surface area contributed by atoms with Crippen LogP contribution < -0.4 is 5.32 Å². The molecule has 21 heavy (non-hydrogen) atoms. The van der Waals surface area contributed by atoms with E-state index in [-0.39, 0.29) is 11.3 Å². The first kappa shape index (κ1) is 14.6. The molecule has 0 aliphatic carbocycles. The zero-order valence-corrected chi connectivity index (χ0v) is 13.3. The predicted octanol–water partition coefficient (Wildman–Crippen LogP) is 2.67. The highest BCUT2D eigenvalue weighted by Gasteiger charge is 2.31. The van der Waals surface area contributed by atoms with Gasteiger partial charge in [0, 0.05) is 25.3 Å². The molecule has 2 aliphatic heterocycles. The van der Waals surface area contributed by atoms with E-state index in [4.69, 9.17) is 0 Å². The van der Waals surface area contributed by atoms with Gasteiger partial charge in [-0.15, -0.1) is 0 Å². The molecule has 1 aromatic heterocycles. The third-order valence-corrected chi connectivity index (χ3v) is 4.89. The summed E-state index contributed by atoms with van der Waals surface area (Å²) in [5.41, 5.74) is 1.12. The van der Waals surface area contributed by atoms with Gasteiger partial charge in [-0.3, -0.25) is 4.79 Å². The number of rotatable bonds is 2. The van der Waals surface area contributed by atoms with E-state index in [1.807, 2.05) is 12.1 Å². The Balaban J connectivity index is 1.77. The average Bonchev–Trinajstić information content (AvgIpc) is 2.95. The standard InChI is InChI=1S/C17H27N3O/c1-17(2)8-4-11-19(13-17)16(21)15-5-3-12-20(15)14-6-9-18-10-7-14/h3,5,12,14,18H,4,6-11,13H2,1-2H3. The van der Waals surface area contributed by atoms with Crippen LogP contribution in [0.4, 0.5) is 0 Å². The zero-order chi connectivity index (χ0) is 14.9. The van der Waals surface area contributed by atoms with Gasteiger partial charge in [0.05, 0.1) is 0 Å². The molecule has 2 aliphatic rings. The summed E-state index contributed by atoms with van der Waals surface area (Å²) in [6.07, 6.45) is 6.64. The van der Waals surface area contributed by atoms with Gasteiger partial charge in [0.1, 0.15) is 5.69 Å². The second-order valence-electron chi connectivity index (χ2n) is 7.28. The van der Waals surface area contributed by atoms with Crippen molar-refractivity contribution in [2.75, 3.05) is 26.2 Å². The van der Waals surface area contributed by atoms with Gasteiger partial charge in [0.2, 0.25) is 0 Å². The summed E-state index contributed by atoms with van der Waals surface area (Å²) < 4.78 is 2.21. The molecule has 0 spiro atoms. The maximum atomic E-state index is 12.9. The molecular weight excluding hydrogens is 262 g/mol. The number of hydrogen-bond donors (Lipinski definition) is 1. The van der Waals surface area contributed by atoms with E-state index in [1.54, 1.807) is 0 Å². The van der Waals surface area contributed by atoms with Gasteiger partial charge in [-0.1, -0.05) is 13.8 Å². The van der Waals surface area contributed by atoms with E-state index in [1.165, 1.54) is 6.42 Å². The van der Waals surface area contributed by atoms with Crippen molar-refractivity contribution in [3.63, 3.8) is 0 Å². The van der Waals surface area contributed by atoms with Crippen LogP contribution in [0.3, 0.4) is 0 Å². The number of piperidine rings is 2. The Bertz CT molecular complexity index is 500. The van der Waals surface area contributed by atoms with E-state index in [0.717, 1.165) is 51.1 Å². The maximum absolute atomic E-state index is 12.9. The van der Waals surface area contributed by atoms with Crippen LogP contribution in [0.1, 0.15) is 56.1 Å². The largest absolute Gasteiger partial charge is 0.340 e. The first-order valence-corrected chi connectivity index (χ1v) is 8.24. The Labute approximate surface area is 127 Å². The lowest BCUT2D eigenvalue weighted by Gasteiger charge is -2.38. The normalized spacial score (nSPS) is 23.2. The Kier molecular flexibility index (Phi) is 4.07. The summed E-state index contributed by atoms with van der Waals surface area (Å²) >= 11 is 0. The van der Waals surface area contributed by atoms with Crippen LogP contribution >= 0.6 is 0 Å². The van der Waals surface area contributed by atoms with E-state index in [0.29, 0.717) is 6.04 Å². The van der Waals surface area contributed by atoms with Crippen molar-refractivity contribution in [3.8, 4) is 0 Å². The predicted molar refractivity (Wildman–Crippen MR) is 84.5 cm³/mol. The fraction of sp³-hybridized carbons (Fsp3) is 0.706. The number of aromatic nitrogens is 1. The van der Waals surface area contributed by atoms with Crippen molar-refractivity contribution in [1.29, 1.82) is 0 Å². The van der Waals surface area contributed by atoms with Crippen molar-refractivity contribution < 1.29 is 4.79 Å². The summed E-state index contributed by atoms with van der Waals surface area (Å²) in [7, 11) is 0. The van der Waals surface area contributed by atoms with E-state index in [2.05, 4.69) is 34.8 Å². The van der Waals surface area contributed by atoms with Crippen LogP contribution in [-0.4, -0.2) is 41.6 Å². The minimum atomic E-state index is 0.214. The smallest absolute Gasteiger partial charge is 0.270 e. The van der Waals surface area contributed by atoms with Crippen molar-refractivity contribution in [2.24, 2.45) is 5.41 Å². The zero-order valence-electron chi connectivity index (χ0n) is 13.3. The topological polar surface area (TPSA) is 37.3 Å². The third-order valence-electron chi connectivity index (χ3n) is 4.89. The van der Waals surface area contributed by atoms with E-state index >= 15 is 0 Å². The molecule has 0 bridgehead atoms. The van der Waals surface area contributed by atoms with E-state index in [9.17, 15) is 4.79 Å². The molecule has 4 heteroatoms. The lowest BCUT2D eigenvalue weighted by Crippen LogP contribution is -2.44. The summed E-state index contributed by atoms with van der Waals surface area (Å²) in [5.74, 6) is 0.214. The molecule has 3 rings (SSSR count). The Morgan fingerprint density at radius 2 is 2.10 bits per heavy atom. The SMILES string of the molecule is CC1(C)CCCN(C(=O)c2cccn2C2CCNCC2)C1. The summed E-state index contributed by atoms with van der Waals surface area (Å²) in [5, 5.41) is 3.39. The molecule has 0 unspecified atom stereocenters. The van der Waals surface area contributed by atoms with Crippen LogP contribution in [0.15, 0.2) is 18.3 Å². The average molecular weight is 289 g/mol. The first-order chi connectivity index (χ1) is 10.1.